The predicted octanol–water partition coefficient (Wildman–Crippen LogP) is 0.998. The van der Waals surface area contributed by atoms with Crippen LogP contribution < -0.4 is 11.1 Å². The van der Waals surface area contributed by atoms with Crippen molar-refractivity contribution in [2.75, 3.05) is 6.54 Å². The molecule has 0 saturated carbocycles. The molecule has 1 aliphatic heterocycles. The van der Waals surface area contributed by atoms with Crippen molar-refractivity contribution < 1.29 is 14.7 Å². The van der Waals surface area contributed by atoms with E-state index in [1.165, 1.54) is 0 Å². The van der Waals surface area contributed by atoms with Crippen molar-refractivity contribution in [1.29, 1.82) is 0 Å². The summed E-state index contributed by atoms with van der Waals surface area (Å²) in [7, 11) is 0. The summed E-state index contributed by atoms with van der Waals surface area (Å²) < 4.78 is 0. The Bertz CT molecular complexity index is 504. The van der Waals surface area contributed by atoms with Gasteiger partial charge >= 0.3 is 0 Å². The van der Waals surface area contributed by atoms with Crippen LogP contribution in [0.25, 0.3) is 0 Å². The second kappa shape index (κ2) is 7.94. The summed E-state index contributed by atoms with van der Waals surface area (Å²) in [6, 6.07) is 9.67. The number of amides is 2. The lowest BCUT2D eigenvalue weighted by Gasteiger charge is -2.25. The second-order valence-electron chi connectivity index (χ2n) is 6.12. The molecule has 1 saturated heterocycles. The van der Waals surface area contributed by atoms with Gasteiger partial charge in [-0.3, -0.25) is 9.59 Å². The van der Waals surface area contributed by atoms with Crippen molar-refractivity contribution in [3.05, 3.63) is 35.9 Å². The van der Waals surface area contributed by atoms with Crippen LogP contribution in [-0.4, -0.2) is 29.6 Å². The summed E-state index contributed by atoms with van der Waals surface area (Å²) in [4.78, 5) is 23.0. The summed E-state index contributed by atoms with van der Waals surface area (Å²) in [5, 5.41) is 13.0. The highest BCUT2D eigenvalue weighted by Gasteiger charge is 2.25. The first kappa shape index (κ1) is 16.5. The number of aliphatic hydroxyl groups is 1. The van der Waals surface area contributed by atoms with Crippen molar-refractivity contribution >= 4 is 11.8 Å². The van der Waals surface area contributed by atoms with Crippen molar-refractivity contribution in [3.8, 4) is 0 Å². The molecule has 3 atom stereocenters. The number of nitrogens with two attached hydrogens (primary N) is 1. The molecule has 0 aromatic heterocycles. The Morgan fingerprint density at radius 3 is 2.73 bits per heavy atom. The number of primary amides is 1. The fourth-order valence-corrected chi connectivity index (χ4v) is 3.06. The summed E-state index contributed by atoms with van der Waals surface area (Å²) in [5.74, 6) is -0.535. The van der Waals surface area contributed by atoms with Crippen LogP contribution in [0.3, 0.4) is 0 Å². The quantitative estimate of drug-likeness (QED) is 0.701. The van der Waals surface area contributed by atoms with E-state index in [1.807, 2.05) is 30.3 Å². The first-order chi connectivity index (χ1) is 10.5. The molecule has 1 fully saturated rings. The Kier molecular flexibility index (Phi) is 5.95. The molecule has 5 nitrogen and oxygen atoms in total. The molecule has 2 rings (SSSR count). The molecule has 2 amide bonds. The van der Waals surface area contributed by atoms with Crippen LogP contribution >= 0.6 is 0 Å². The smallest absolute Gasteiger partial charge is 0.220 e. The molecular formula is C17H24N2O3. The first-order valence-corrected chi connectivity index (χ1v) is 7.82. The van der Waals surface area contributed by atoms with Gasteiger partial charge in [-0.15, -0.1) is 0 Å². The largest absolute Gasteiger partial charge is 0.393 e. The van der Waals surface area contributed by atoms with Gasteiger partial charge in [0.1, 0.15) is 0 Å². The lowest BCUT2D eigenvalue weighted by Crippen LogP contribution is -2.35. The fourth-order valence-electron chi connectivity index (χ4n) is 3.06. The van der Waals surface area contributed by atoms with Crippen molar-refractivity contribution in [2.45, 2.75) is 38.2 Å². The molecule has 1 heterocycles. The highest BCUT2D eigenvalue weighted by atomic mass is 16.3. The molecular weight excluding hydrogens is 280 g/mol. The van der Waals surface area contributed by atoms with Gasteiger partial charge in [0.15, 0.2) is 0 Å². The topological polar surface area (TPSA) is 92.4 Å². The third kappa shape index (κ3) is 5.15. The summed E-state index contributed by atoms with van der Waals surface area (Å²) >= 11 is 0. The molecule has 1 aromatic rings. The number of piperidine rings is 1. The van der Waals surface area contributed by atoms with Crippen molar-refractivity contribution in [3.63, 3.8) is 0 Å². The van der Waals surface area contributed by atoms with E-state index in [2.05, 4.69) is 5.32 Å². The zero-order valence-electron chi connectivity index (χ0n) is 12.7. The molecule has 5 heteroatoms. The van der Waals surface area contributed by atoms with E-state index >= 15 is 0 Å². The molecule has 0 aliphatic carbocycles. The van der Waals surface area contributed by atoms with E-state index in [4.69, 9.17) is 5.73 Å². The highest BCUT2D eigenvalue weighted by molar-refractivity contribution is 5.77. The monoisotopic (exact) mass is 304 g/mol. The third-order valence-corrected chi connectivity index (χ3v) is 4.24. The van der Waals surface area contributed by atoms with Crippen LogP contribution in [0.5, 0.6) is 0 Å². The summed E-state index contributed by atoms with van der Waals surface area (Å²) in [5.41, 5.74) is 6.51. The lowest BCUT2D eigenvalue weighted by molar-refractivity contribution is -0.125. The zero-order valence-corrected chi connectivity index (χ0v) is 12.7. The van der Waals surface area contributed by atoms with Gasteiger partial charge in [-0.2, -0.15) is 0 Å². The zero-order chi connectivity index (χ0) is 15.9. The number of benzene rings is 1. The maximum Gasteiger partial charge on any atom is 0.220 e. The van der Waals surface area contributed by atoms with Gasteiger partial charge in [-0.25, -0.2) is 0 Å². The average molecular weight is 304 g/mol. The summed E-state index contributed by atoms with van der Waals surface area (Å²) in [6.07, 6.45) is 2.17. The van der Waals surface area contributed by atoms with Crippen LogP contribution in [-0.2, 0) is 16.0 Å². The lowest BCUT2D eigenvalue weighted by atomic mass is 9.86. The molecule has 1 aromatic carbocycles. The fraction of sp³-hybridized carbons (Fsp3) is 0.529. The van der Waals surface area contributed by atoms with Gasteiger partial charge in [-0.05, 0) is 37.2 Å². The standard InChI is InChI=1S/C17H24N2O3/c18-17(22)14(8-12-4-2-1-3-5-12)11-15(20)9-13-6-7-19-16(21)10-13/h1-5,13-15,20H,6-11H2,(H2,18,22)(H,19,21)/t13?,14-,15-/m1/s1. The molecule has 4 N–H and O–H groups in total. The number of nitrogens with one attached hydrogen (secondary N) is 1. The van der Waals surface area contributed by atoms with Crippen LogP contribution in [0, 0.1) is 11.8 Å². The molecule has 22 heavy (non-hydrogen) atoms. The molecule has 0 radical (unpaired) electrons. The Morgan fingerprint density at radius 1 is 1.36 bits per heavy atom. The minimum absolute atomic E-state index is 0.0409. The number of hydrogen-bond acceptors (Lipinski definition) is 3. The second-order valence-corrected chi connectivity index (χ2v) is 6.12. The Hall–Kier alpha value is -1.88. The number of rotatable bonds is 7. The third-order valence-electron chi connectivity index (χ3n) is 4.24. The van der Waals surface area contributed by atoms with Crippen LogP contribution in [0.2, 0.25) is 0 Å². The SMILES string of the molecule is NC(=O)[C@H](Cc1ccccc1)C[C@H](O)CC1CCNC(=O)C1. The van der Waals surface area contributed by atoms with Gasteiger partial charge < -0.3 is 16.2 Å². The molecule has 120 valence electrons. The van der Waals surface area contributed by atoms with Crippen molar-refractivity contribution in [2.24, 2.45) is 17.6 Å². The van der Waals surface area contributed by atoms with Gasteiger partial charge in [0.2, 0.25) is 11.8 Å². The van der Waals surface area contributed by atoms with Gasteiger partial charge in [-0.1, -0.05) is 30.3 Å². The minimum Gasteiger partial charge on any atom is -0.393 e. The predicted molar refractivity (Wildman–Crippen MR) is 83.8 cm³/mol. The normalized spacial score (nSPS) is 21.0. The van der Waals surface area contributed by atoms with Crippen LogP contribution in [0.1, 0.15) is 31.2 Å². The Balaban J connectivity index is 1.87. The van der Waals surface area contributed by atoms with E-state index in [9.17, 15) is 14.7 Å². The van der Waals surface area contributed by atoms with Gasteiger partial charge in [0.05, 0.1) is 6.10 Å². The van der Waals surface area contributed by atoms with Crippen molar-refractivity contribution in [1.82, 2.24) is 5.32 Å². The van der Waals surface area contributed by atoms with Gasteiger partial charge in [0, 0.05) is 18.9 Å². The molecule has 0 bridgehead atoms. The van der Waals surface area contributed by atoms with Crippen LogP contribution in [0.15, 0.2) is 30.3 Å². The highest BCUT2D eigenvalue weighted by Crippen LogP contribution is 2.23. The van der Waals surface area contributed by atoms with E-state index in [-0.39, 0.29) is 23.7 Å². The van der Waals surface area contributed by atoms with E-state index in [1.54, 1.807) is 0 Å². The van der Waals surface area contributed by atoms with E-state index in [0.717, 1.165) is 12.0 Å². The number of carbonyl (C=O) groups is 2. The van der Waals surface area contributed by atoms with E-state index < -0.39 is 6.10 Å². The Morgan fingerprint density at radius 2 is 2.09 bits per heavy atom. The maximum atomic E-state index is 11.6. The average Bonchev–Trinajstić information content (AvgIpc) is 2.47. The first-order valence-electron chi connectivity index (χ1n) is 7.82. The maximum absolute atomic E-state index is 11.6. The van der Waals surface area contributed by atoms with Gasteiger partial charge in [0.25, 0.3) is 0 Å². The van der Waals surface area contributed by atoms with Crippen LogP contribution in [0.4, 0.5) is 0 Å². The Labute approximate surface area is 130 Å². The van der Waals surface area contributed by atoms with E-state index in [0.29, 0.717) is 32.2 Å². The minimum atomic E-state index is -0.600. The number of aliphatic hydroxyl groups excluding tert-OH is 1. The summed E-state index contributed by atoms with van der Waals surface area (Å²) in [6.45, 7) is 0.666. The number of hydrogen-bond donors (Lipinski definition) is 3. The molecule has 0 spiro atoms. The number of carbonyl (C=O) groups excluding carboxylic acids is 2. The molecule has 1 aliphatic rings. The molecule has 1 unspecified atom stereocenters.